The van der Waals surface area contributed by atoms with Crippen molar-refractivity contribution in [1.82, 2.24) is 4.90 Å². The number of carbonyl (C=O) groups is 1. The molecule has 8 heteroatoms. The summed E-state index contributed by atoms with van der Waals surface area (Å²) < 4.78 is 16.5. The SMILES string of the molecule is CC[C@@H]1CN(C(=O)c2cc([N+](=O)[O-])cc3c2OCCO3)CCO1. The highest BCUT2D eigenvalue weighted by atomic mass is 16.6. The second-order valence-corrected chi connectivity index (χ2v) is 5.43. The van der Waals surface area contributed by atoms with Gasteiger partial charge < -0.3 is 19.1 Å². The fraction of sp³-hybridized carbons (Fsp3) is 0.533. The molecule has 1 fully saturated rings. The van der Waals surface area contributed by atoms with E-state index in [2.05, 4.69) is 0 Å². The molecule has 1 amide bonds. The van der Waals surface area contributed by atoms with Gasteiger partial charge in [0.1, 0.15) is 13.2 Å². The number of fused-ring (bicyclic) bond motifs is 1. The summed E-state index contributed by atoms with van der Waals surface area (Å²) in [5.74, 6) is 0.234. The Bertz CT molecular complexity index is 633. The number of benzene rings is 1. The number of nitrogens with zero attached hydrogens (tertiary/aromatic N) is 2. The molecule has 0 aliphatic carbocycles. The van der Waals surface area contributed by atoms with Crippen LogP contribution in [0.3, 0.4) is 0 Å². The maximum atomic E-state index is 12.8. The number of hydrogen-bond donors (Lipinski definition) is 0. The molecule has 124 valence electrons. The van der Waals surface area contributed by atoms with Crippen LogP contribution in [0.25, 0.3) is 0 Å². The molecule has 3 rings (SSSR count). The second-order valence-electron chi connectivity index (χ2n) is 5.43. The lowest BCUT2D eigenvalue weighted by Crippen LogP contribution is -2.45. The maximum absolute atomic E-state index is 12.8. The van der Waals surface area contributed by atoms with Crippen molar-refractivity contribution in [3.8, 4) is 11.5 Å². The largest absolute Gasteiger partial charge is 0.486 e. The molecule has 1 atom stereocenters. The minimum absolute atomic E-state index is 0.0145. The molecule has 0 N–H and O–H groups in total. The minimum atomic E-state index is -0.539. The summed E-state index contributed by atoms with van der Waals surface area (Å²) in [5, 5.41) is 11.1. The number of amides is 1. The Labute approximate surface area is 133 Å². The number of nitro groups is 1. The van der Waals surface area contributed by atoms with Gasteiger partial charge in [-0.1, -0.05) is 6.92 Å². The highest BCUT2D eigenvalue weighted by Gasteiger charge is 2.30. The molecule has 0 aromatic heterocycles. The van der Waals surface area contributed by atoms with Crippen molar-refractivity contribution < 1.29 is 23.9 Å². The predicted octanol–water partition coefficient (Wildman–Crippen LogP) is 1.62. The fourth-order valence-electron chi connectivity index (χ4n) is 2.72. The molecule has 0 bridgehead atoms. The highest BCUT2D eigenvalue weighted by molar-refractivity contribution is 5.98. The summed E-state index contributed by atoms with van der Waals surface area (Å²) in [6.07, 6.45) is 0.788. The Morgan fingerprint density at radius 2 is 2.13 bits per heavy atom. The van der Waals surface area contributed by atoms with E-state index in [1.165, 1.54) is 12.1 Å². The topological polar surface area (TPSA) is 91.1 Å². The third-order valence-corrected chi connectivity index (χ3v) is 3.95. The number of carbonyl (C=O) groups excluding carboxylic acids is 1. The number of morpholine rings is 1. The first kappa shape index (κ1) is 15.5. The van der Waals surface area contributed by atoms with E-state index in [4.69, 9.17) is 14.2 Å². The van der Waals surface area contributed by atoms with Crippen molar-refractivity contribution in [2.75, 3.05) is 32.9 Å². The summed E-state index contributed by atoms with van der Waals surface area (Å²) in [6, 6.07) is 2.55. The van der Waals surface area contributed by atoms with Crippen molar-refractivity contribution in [3.05, 3.63) is 27.8 Å². The molecular formula is C15H18N2O6. The summed E-state index contributed by atoms with van der Waals surface area (Å²) >= 11 is 0. The van der Waals surface area contributed by atoms with E-state index in [1.54, 1.807) is 4.90 Å². The number of rotatable bonds is 3. The van der Waals surface area contributed by atoms with Crippen LogP contribution >= 0.6 is 0 Å². The van der Waals surface area contributed by atoms with E-state index >= 15 is 0 Å². The van der Waals surface area contributed by atoms with Crippen molar-refractivity contribution in [2.45, 2.75) is 19.4 Å². The summed E-state index contributed by atoms with van der Waals surface area (Å²) in [7, 11) is 0. The molecule has 23 heavy (non-hydrogen) atoms. The summed E-state index contributed by atoms with van der Waals surface area (Å²) in [4.78, 5) is 25.0. The first-order chi connectivity index (χ1) is 11.1. The van der Waals surface area contributed by atoms with Crippen LogP contribution in [0.5, 0.6) is 11.5 Å². The molecule has 2 heterocycles. The van der Waals surface area contributed by atoms with E-state index in [0.717, 1.165) is 6.42 Å². The second kappa shape index (κ2) is 6.41. The number of ether oxygens (including phenoxy) is 3. The van der Waals surface area contributed by atoms with Crippen molar-refractivity contribution in [2.24, 2.45) is 0 Å². The zero-order valence-electron chi connectivity index (χ0n) is 12.8. The number of nitro benzene ring substituents is 1. The zero-order chi connectivity index (χ0) is 16.4. The van der Waals surface area contributed by atoms with Gasteiger partial charge in [-0.2, -0.15) is 0 Å². The van der Waals surface area contributed by atoms with Gasteiger partial charge in [-0.25, -0.2) is 0 Å². The van der Waals surface area contributed by atoms with Gasteiger partial charge in [0.05, 0.1) is 29.3 Å². The third-order valence-electron chi connectivity index (χ3n) is 3.95. The first-order valence-electron chi connectivity index (χ1n) is 7.59. The molecule has 0 saturated carbocycles. The minimum Gasteiger partial charge on any atom is -0.486 e. The Kier molecular flexibility index (Phi) is 4.33. The molecule has 0 radical (unpaired) electrons. The zero-order valence-corrected chi connectivity index (χ0v) is 12.8. The van der Waals surface area contributed by atoms with Crippen LogP contribution < -0.4 is 9.47 Å². The normalized spacial score (nSPS) is 20.2. The van der Waals surface area contributed by atoms with Gasteiger partial charge >= 0.3 is 0 Å². The third kappa shape index (κ3) is 3.07. The summed E-state index contributed by atoms with van der Waals surface area (Å²) in [6.45, 7) is 3.98. The molecular weight excluding hydrogens is 304 g/mol. The molecule has 0 spiro atoms. The van der Waals surface area contributed by atoms with Crippen LogP contribution in [0.1, 0.15) is 23.7 Å². The van der Waals surface area contributed by atoms with Crippen LogP contribution in [0.2, 0.25) is 0 Å². The Morgan fingerprint density at radius 1 is 1.35 bits per heavy atom. The van der Waals surface area contributed by atoms with E-state index in [1.807, 2.05) is 6.92 Å². The van der Waals surface area contributed by atoms with Gasteiger partial charge in [0, 0.05) is 19.2 Å². The molecule has 2 aliphatic rings. The van der Waals surface area contributed by atoms with Gasteiger partial charge in [-0.15, -0.1) is 0 Å². The van der Waals surface area contributed by atoms with Gasteiger partial charge in [0.2, 0.25) is 0 Å². The average molecular weight is 322 g/mol. The number of hydrogen-bond acceptors (Lipinski definition) is 6. The Balaban J connectivity index is 1.95. The van der Waals surface area contributed by atoms with Crippen LogP contribution in [-0.2, 0) is 4.74 Å². The standard InChI is InChI=1S/C15H18N2O6/c1-2-11-9-16(3-4-21-11)15(18)12-7-10(17(19)20)8-13-14(12)23-6-5-22-13/h7-8,11H,2-6,9H2,1H3/t11-/m1/s1. The molecule has 1 saturated heterocycles. The van der Waals surface area contributed by atoms with E-state index in [-0.39, 0.29) is 34.8 Å². The van der Waals surface area contributed by atoms with Crippen LogP contribution in [0.15, 0.2) is 12.1 Å². The molecule has 8 nitrogen and oxygen atoms in total. The van der Waals surface area contributed by atoms with E-state index in [0.29, 0.717) is 32.9 Å². The number of non-ortho nitro benzene ring substituents is 1. The average Bonchev–Trinajstić information content (AvgIpc) is 2.60. The molecule has 1 aromatic carbocycles. The van der Waals surface area contributed by atoms with Gasteiger partial charge in [0.15, 0.2) is 11.5 Å². The monoisotopic (exact) mass is 322 g/mol. The quantitative estimate of drug-likeness (QED) is 0.620. The Hall–Kier alpha value is -2.35. The van der Waals surface area contributed by atoms with Gasteiger partial charge in [-0.05, 0) is 6.42 Å². The lowest BCUT2D eigenvalue weighted by atomic mass is 10.1. The summed E-state index contributed by atoms with van der Waals surface area (Å²) in [5.41, 5.74) is -0.0106. The van der Waals surface area contributed by atoms with E-state index in [9.17, 15) is 14.9 Å². The lowest BCUT2D eigenvalue weighted by molar-refractivity contribution is -0.385. The van der Waals surface area contributed by atoms with Crippen molar-refractivity contribution >= 4 is 11.6 Å². The van der Waals surface area contributed by atoms with Crippen LogP contribution in [0, 0.1) is 10.1 Å². The highest BCUT2D eigenvalue weighted by Crippen LogP contribution is 2.38. The fourth-order valence-corrected chi connectivity index (χ4v) is 2.72. The Morgan fingerprint density at radius 3 is 2.87 bits per heavy atom. The van der Waals surface area contributed by atoms with Gasteiger partial charge in [0.25, 0.3) is 11.6 Å². The molecule has 2 aliphatic heterocycles. The van der Waals surface area contributed by atoms with E-state index < -0.39 is 4.92 Å². The van der Waals surface area contributed by atoms with Crippen molar-refractivity contribution in [1.29, 1.82) is 0 Å². The first-order valence-corrected chi connectivity index (χ1v) is 7.59. The van der Waals surface area contributed by atoms with Crippen LogP contribution in [0.4, 0.5) is 5.69 Å². The predicted molar refractivity (Wildman–Crippen MR) is 80.0 cm³/mol. The molecule has 1 aromatic rings. The lowest BCUT2D eigenvalue weighted by Gasteiger charge is -2.33. The molecule has 0 unspecified atom stereocenters. The van der Waals surface area contributed by atoms with Crippen molar-refractivity contribution in [3.63, 3.8) is 0 Å². The smallest absolute Gasteiger partial charge is 0.274 e. The van der Waals surface area contributed by atoms with Crippen LogP contribution in [-0.4, -0.2) is 54.7 Å². The van der Waals surface area contributed by atoms with Gasteiger partial charge in [-0.3, -0.25) is 14.9 Å². The maximum Gasteiger partial charge on any atom is 0.274 e.